The number of hydrogen-bond donors (Lipinski definition) is 1. The summed E-state index contributed by atoms with van der Waals surface area (Å²) in [5, 5.41) is 0. The average Bonchev–Trinajstić information content (AvgIpc) is 2.36. The average molecular weight is 236 g/mol. The van der Waals surface area contributed by atoms with Gasteiger partial charge in [0.2, 0.25) is 5.91 Å². The zero-order chi connectivity index (χ0) is 12.7. The monoisotopic (exact) mass is 236 g/mol. The van der Waals surface area contributed by atoms with Crippen molar-refractivity contribution in [2.24, 2.45) is 5.73 Å². The number of methoxy groups -OCH3 is 1. The fourth-order valence-corrected chi connectivity index (χ4v) is 1.46. The van der Waals surface area contributed by atoms with E-state index in [9.17, 15) is 4.79 Å². The first-order chi connectivity index (χ1) is 8.17. The second-order valence-electron chi connectivity index (χ2n) is 4.01. The summed E-state index contributed by atoms with van der Waals surface area (Å²) in [6, 6.07) is 7.81. The Labute approximate surface area is 102 Å². The van der Waals surface area contributed by atoms with E-state index in [0.717, 1.165) is 11.1 Å². The molecule has 17 heavy (non-hydrogen) atoms. The molecule has 0 aromatic heterocycles. The molecule has 1 aromatic rings. The molecule has 0 aliphatic rings. The quantitative estimate of drug-likeness (QED) is 0.794. The zero-order valence-corrected chi connectivity index (χ0v) is 10.5. The predicted octanol–water partition coefficient (Wildman–Crippen LogP) is 0.793. The van der Waals surface area contributed by atoms with E-state index in [1.54, 1.807) is 19.1 Å². The molecule has 4 nitrogen and oxygen atoms in total. The first-order valence-corrected chi connectivity index (χ1v) is 5.68. The van der Waals surface area contributed by atoms with Crippen LogP contribution in [-0.2, 0) is 22.5 Å². The summed E-state index contributed by atoms with van der Waals surface area (Å²) >= 11 is 0. The van der Waals surface area contributed by atoms with Crippen molar-refractivity contribution in [3.8, 4) is 0 Å². The van der Waals surface area contributed by atoms with E-state index in [4.69, 9.17) is 10.5 Å². The van der Waals surface area contributed by atoms with Crippen LogP contribution in [0.2, 0.25) is 0 Å². The minimum absolute atomic E-state index is 0.0996. The van der Waals surface area contributed by atoms with E-state index in [0.29, 0.717) is 26.1 Å². The SMILES string of the molecule is COCCN(C)C(=O)Cc1ccc(CN)cc1. The number of ether oxygens (including phenoxy) is 1. The van der Waals surface area contributed by atoms with E-state index in [-0.39, 0.29) is 5.91 Å². The number of benzene rings is 1. The molecule has 2 N–H and O–H groups in total. The lowest BCUT2D eigenvalue weighted by molar-refractivity contribution is -0.129. The van der Waals surface area contributed by atoms with E-state index in [1.165, 1.54) is 0 Å². The Morgan fingerprint density at radius 3 is 2.41 bits per heavy atom. The largest absolute Gasteiger partial charge is 0.383 e. The fraction of sp³-hybridized carbons (Fsp3) is 0.462. The van der Waals surface area contributed by atoms with Crippen molar-refractivity contribution in [1.82, 2.24) is 4.90 Å². The normalized spacial score (nSPS) is 10.3. The van der Waals surface area contributed by atoms with Crippen LogP contribution in [0.1, 0.15) is 11.1 Å². The number of carbonyl (C=O) groups is 1. The standard InChI is InChI=1S/C13H20N2O2/c1-15(7-8-17-2)13(16)9-11-3-5-12(10-14)6-4-11/h3-6H,7-10,14H2,1-2H3. The van der Waals surface area contributed by atoms with Crippen LogP contribution in [0.3, 0.4) is 0 Å². The number of nitrogens with two attached hydrogens (primary N) is 1. The molecule has 1 aromatic carbocycles. The summed E-state index contributed by atoms with van der Waals surface area (Å²) in [5.41, 5.74) is 7.60. The van der Waals surface area contributed by atoms with Gasteiger partial charge in [-0.1, -0.05) is 24.3 Å². The number of carbonyl (C=O) groups excluding carboxylic acids is 1. The van der Waals surface area contributed by atoms with Crippen LogP contribution < -0.4 is 5.73 Å². The number of hydrogen-bond acceptors (Lipinski definition) is 3. The van der Waals surface area contributed by atoms with Crippen molar-refractivity contribution in [2.75, 3.05) is 27.3 Å². The highest BCUT2D eigenvalue weighted by atomic mass is 16.5. The lowest BCUT2D eigenvalue weighted by Crippen LogP contribution is -2.31. The molecule has 0 spiro atoms. The summed E-state index contributed by atoms with van der Waals surface area (Å²) in [6.07, 6.45) is 0.422. The van der Waals surface area contributed by atoms with Gasteiger partial charge >= 0.3 is 0 Å². The molecule has 0 aliphatic heterocycles. The number of nitrogens with zero attached hydrogens (tertiary/aromatic N) is 1. The van der Waals surface area contributed by atoms with Gasteiger partial charge in [0.25, 0.3) is 0 Å². The molecule has 0 heterocycles. The molecule has 1 amide bonds. The van der Waals surface area contributed by atoms with Crippen LogP contribution in [0, 0.1) is 0 Å². The minimum atomic E-state index is 0.0996. The maximum atomic E-state index is 11.8. The molecule has 0 atom stereocenters. The van der Waals surface area contributed by atoms with Crippen LogP contribution in [0.25, 0.3) is 0 Å². The minimum Gasteiger partial charge on any atom is -0.383 e. The van der Waals surface area contributed by atoms with Crippen molar-refractivity contribution in [1.29, 1.82) is 0 Å². The van der Waals surface area contributed by atoms with E-state index < -0.39 is 0 Å². The van der Waals surface area contributed by atoms with E-state index in [2.05, 4.69) is 0 Å². The summed E-state index contributed by atoms with van der Waals surface area (Å²) in [5.74, 6) is 0.0996. The predicted molar refractivity (Wildman–Crippen MR) is 67.6 cm³/mol. The van der Waals surface area contributed by atoms with Crippen LogP contribution in [-0.4, -0.2) is 38.1 Å². The highest BCUT2D eigenvalue weighted by Gasteiger charge is 2.08. The molecular weight excluding hydrogens is 216 g/mol. The van der Waals surface area contributed by atoms with Crippen LogP contribution in [0.4, 0.5) is 0 Å². The van der Waals surface area contributed by atoms with Crippen molar-refractivity contribution >= 4 is 5.91 Å². The maximum absolute atomic E-state index is 11.8. The molecule has 0 aliphatic carbocycles. The van der Waals surface area contributed by atoms with Crippen molar-refractivity contribution in [3.05, 3.63) is 35.4 Å². The first-order valence-electron chi connectivity index (χ1n) is 5.68. The smallest absolute Gasteiger partial charge is 0.226 e. The van der Waals surface area contributed by atoms with Gasteiger partial charge in [0, 0.05) is 27.2 Å². The van der Waals surface area contributed by atoms with Gasteiger partial charge in [-0.3, -0.25) is 4.79 Å². The van der Waals surface area contributed by atoms with Crippen LogP contribution in [0.5, 0.6) is 0 Å². The van der Waals surface area contributed by atoms with Crippen molar-refractivity contribution in [2.45, 2.75) is 13.0 Å². The number of rotatable bonds is 6. The summed E-state index contributed by atoms with van der Waals surface area (Å²) in [4.78, 5) is 13.5. The third-order valence-corrected chi connectivity index (χ3v) is 2.67. The second-order valence-corrected chi connectivity index (χ2v) is 4.01. The third kappa shape index (κ3) is 4.54. The summed E-state index contributed by atoms with van der Waals surface area (Å²) < 4.78 is 4.94. The summed E-state index contributed by atoms with van der Waals surface area (Å²) in [7, 11) is 3.42. The first kappa shape index (κ1) is 13.7. The van der Waals surface area contributed by atoms with Crippen molar-refractivity contribution < 1.29 is 9.53 Å². The van der Waals surface area contributed by atoms with Gasteiger partial charge in [-0.2, -0.15) is 0 Å². The molecule has 0 fully saturated rings. The Hall–Kier alpha value is -1.39. The van der Waals surface area contributed by atoms with Gasteiger partial charge in [0.1, 0.15) is 0 Å². The zero-order valence-electron chi connectivity index (χ0n) is 10.5. The van der Waals surface area contributed by atoms with E-state index >= 15 is 0 Å². The maximum Gasteiger partial charge on any atom is 0.226 e. The highest BCUT2D eigenvalue weighted by molar-refractivity contribution is 5.78. The highest BCUT2D eigenvalue weighted by Crippen LogP contribution is 2.05. The molecule has 94 valence electrons. The Kier molecular flexibility index (Phi) is 5.66. The van der Waals surface area contributed by atoms with E-state index in [1.807, 2.05) is 24.3 Å². The molecular formula is C13H20N2O2. The molecule has 0 saturated carbocycles. The molecule has 0 bridgehead atoms. The van der Waals surface area contributed by atoms with Gasteiger partial charge in [-0.05, 0) is 11.1 Å². The Morgan fingerprint density at radius 1 is 1.29 bits per heavy atom. The molecule has 0 unspecified atom stereocenters. The van der Waals surface area contributed by atoms with Crippen LogP contribution in [0.15, 0.2) is 24.3 Å². The number of likely N-dealkylation sites (N-methyl/N-ethyl adjacent to an activating group) is 1. The molecule has 4 heteroatoms. The lowest BCUT2D eigenvalue weighted by Gasteiger charge is -2.16. The second kappa shape index (κ2) is 7.04. The van der Waals surface area contributed by atoms with Gasteiger partial charge in [-0.15, -0.1) is 0 Å². The number of amides is 1. The van der Waals surface area contributed by atoms with Crippen molar-refractivity contribution in [3.63, 3.8) is 0 Å². The topological polar surface area (TPSA) is 55.6 Å². The Morgan fingerprint density at radius 2 is 1.88 bits per heavy atom. The van der Waals surface area contributed by atoms with Crippen LogP contribution >= 0.6 is 0 Å². The lowest BCUT2D eigenvalue weighted by atomic mass is 10.1. The fourth-order valence-electron chi connectivity index (χ4n) is 1.46. The molecule has 0 radical (unpaired) electrons. The van der Waals surface area contributed by atoms with Gasteiger partial charge in [0.05, 0.1) is 13.0 Å². The molecule has 0 saturated heterocycles. The van der Waals surface area contributed by atoms with Gasteiger partial charge in [-0.25, -0.2) is 0 Å². The van der Waals surface area contributed by atoms with Gasteiger partial charge < -0.3 is 15.4 Å². The van der Waals surface area contributed by atoms with Gasteiger partial charge in [0.15, 0.2) is 0 Å². The summed E-state index contributed by atoms with van der Waals surface area (Å²) in [6.45, 7) is 1.71. The molecule has 1 rings (SSSR count). The third-order valence-electron chi connectivity index (χ3n) is 2.67. The Bertz CT molecular complexity index is 349. The Balaban J connectivity index is 2.49.